The maximum Gasteiger partial charge on any atom is 0.320 e. The lowest BCUT2D eigenvalue weighted by atomic mass is 9.66. The molecule has 38 heavy (non-hydrogen) atoms. The van der Waals surface area contributed by atoms with Crippen molar-refractivity contribution in [1.29, 1.82) is 0 Å². The van der Waals surface area contributed by atoms with E-state index in [1.165, 1.54) is 39.2 Å². The van der Waals surface area contributed by atoms with Gasteiger partial charge >= 0.3 is 5.97 Å². The van der Waals surface area contributed by atoms with Gasteiger partial charge in [0.2, 0.25) is 11.8 Å². The normalized spacial score (nSPS) is 30.2. The van der Waals surface area contributed by atoms with Crippen LogP contribution < -0.4 is 0 Å². The number of unbranched alkanes of at least 4 members (excludes halogenated alkanes) is 5. The molecule has 214 valence electrons. The first-order chi connectivity index (χ1) is 18.4. The summed E-state index contributed by atoms with van der Waals surface area (Å²) >= 11 is 0. The van der Waals surface area contributed by atoms with Crippen molar-refractivity contribution in [3.8, 4) is 0 Å². The Morgan fingerprint density at radius 2 is 1.71 bits per heavy atom. The quantitative estimate of drug-likeness (QED) is 0.256. The summed E-state index contributed by atoms with van der Waals surface area (Å²) in [5.74, 6) is -0.450. The Hall–Kier alpha value is -1.89. The van der Waals surface area contributed by atoms with Crippen LogP contribution in [-0.4, -0.2) is 66.5 Å². The Balaban J connectivity index is 1.62. The van der Waals surface area contributed by atoms with Crippen LogP contribution in [0.3, 0.4) is 0 Å². The fourth-order valence-corrected chi connectivity index (χ4v) is 7.31. The fourth-order valence-electron chi connectivity index (χ4n) is 7.31. The largest absolute Gasteiger partial charge is 0.468 e. The Kier molecular flexibility index (Phi) is 10.3. The molecule has 0 spiro atoms. The highest BCUT2D eigenvalue weighted by Crippen LogP contribution is 2.52. The first-order valence-electron chi connectivity index (χ1n) is 15.5. The molecular formula is C31H50N2O5. The van der Waals surface area contributed by atoms with Gasteiger partial charge in [-0.3, -0.25) is 14.4 Å². The molecule has 3 aliphatic heterocycles. The number of hydrogen-bond donors (Lipinski definition) is 0. The Morgan fingerprint density at radius 1 is 1.03 bits per heavy atom. The van der Waals surface area contributed by atoms with E-state index in [9.17, 15) is 14.4 Å². The van der Waals surface area contributed by atoms with Crippen LogP contribution in [0.4, 0.5) is 0 Å². The van der Waals surface area contributed by atoms with E-state index in [0.717, 1.165) is 70.2 Å². The van der Waals surface area contributed by atoms with E-state index in [1.807, 2.05) is 16.7 Å². The van der Waals surface area contributed by atoms with Gasteiger partial charge in [0.25, 0.3) is 0 Å². The molecule has 0 radical (unpaired) electrons. The van der Waals surface area contributed by atoms with E-state index in [4.69, 9.17) is 9.47 Å². The molecule has 1 saturated carbocycles. The van der Waals surface area contributed by atoms with Crippen LogP contribution in [0.15, 0.2) is 11.8 Å². The lowest BCUT2D eigenvalue weighted by molar-refractivity contribution is -0.178. The highest BCUT2D eigenvalue weighted by Gasteiger charge is 2.60. The molecule has 2 amide bonds. The number of ether oxygens (including phenoxy) is 2. The smallest absolute Gasteiger partial charge is 0.320 e. The van der Waals surface area contributed by atoms with Crippen LogP contribution in [0, 0.1) is 17.3 Å². The molecular weight excluding hydrogens is 480 g/mol. The lowest BCUT2D eigenvalue weighted by Crippen LogP contribution is -2.61. The van der Waals surface area contributed by atoms with Gasteiger partial charge in [-0.05, 0) is 63.9 Å². The molecule has 0 aromatic carbocycles. The van der Waals surface area contributed by atoms with Crippen LogP contribution in [0.5, 0.6) is 0 Å². The molecule has 3 fully saturated rings. The maximum atomic E-state index is 14.1. The Bertz CT molecular complexity index is 860. The zero-order valence-electron chi connectivity index (χ0n) is 24.1. The summed E-state index contributed by atoms with van der Waals surface area (Å²) in [5.41, 5.74) is -0.285. The number of amides is 2. The highest BCUT2D eigenvalue weighted by molar-refractivity contribution is 5.92. The van der Waals surface area contributed by atoms with E-state index in [-0.39, 0.29) is 36.7 Å². The third kappa shape index (κ3) is 6.13. The first kappa shape index (κ1) is 29.1. The summed E-state index contributed by atoms with van der Waals surface area (Å²) < 4.78 is 12.0. The number of piperidine rings is 2. The van der Waals surface area contributed by atoms with E-state index in [0.29, 0.717) is 12.5 Å². The van der Waals surface area contributed by atoms with Crippen molar-refractivity contribution in [3.63, 3.8) is 0 Å². The minimum atomic E-state index is -1.06. The van der Waals surface area contributed by atoms with Crippen molar-refractivity contribution in [2.75, 3.05) is 26.7 Å². The number of carbonyl (C=O) groups excluding carboxylic acids is 3. The second kappa shape index (κ2) is 13.5. The van der Waals surface area contributed by atoms with Crippen LogP contribution in [-0.2, 0) is 23.9 Å². The van der Waals surface area contributed by atoms with E-state index < -0.39 is 17.4 Å². The summed E-state index contributed by atoms with van der Waals surface area (Å²) in [7, 11) is 1.42. The Labute approximate surface area is 229 Å². The van der Waals surface area contributed by atoms with Gasteiger partial charge in [0.05, 0.1) is 19.3 Å². The minimum absolute atomic E-state index is 0.00559. The molecule has 4 aliphatic rings. The number of carbonyl (C=O) groups is 3. The summed E-state index contributed by atoms with van der Waals surface area (Å²) in [6.45, 7) is 6.28. The van der Waals surface area contributed by atoms with Gasteiger partial charge in [-0.25, -0.2) is 0 Å². The van der Waals surface area contributed by atoms with Crippen molar-refractivity contribution in [3.05, 3.63) is 11.8 Å². The molecule has 0 bridgehead atoms. The van der Waals surface area contributed by atoms with Crippen LogP contribution in [0.25, 0.3) is 0 Å². The minimum Gasteiger partial charge on any atom is -0.468 e. The third-order valence-electron chi connectivity index (χ3n) is 9.59. The third-order valence-corrected chi connectivity index (χ3v) is 9.59. The fraction of sp³-hybridized carbons (Fsp3) is 0.839. The van der Waals surface area contributed by atoms with Crippen molar-refractivity contribution >= 4 is 17.8 Å². The van der Waals surface area contributed by atoms with Gasteiger partial charge in [0, 0.05) is 37.7 Å². The average Bonchev–Trinajstić information content (AvgIpc) is 3.48. The molecule has 0 N–H and O–H groups in total. The number of likely N-dealkylation sites (tertiary alicyclic amines) is 2. The zero-order chi connectivity index (χ0) is 27.1. The van der Waals surface area contributed by atoms with Crippen molar-refractivity contribution in [2.45, 2.75) is 122 Å². The number of esters is 1. The molecule has 4 rings (SSSR count). The topological polar surface area (TPSA) is 76.2 Å². The second-order valence-corrected chi connectivity index (χ2v) is 12.1. The number of methoxy groups -OCH3 is 1. The molecule has 3 heterocycles. The van der Waals surface area contributed by atoms with E-state index >= 15 is 0 Å². The van der Waals surface area contributed by atoms with Crippen LogP contribution >= 0.6 is 0 Å². The highest BCUT2D eigenvalue weighted by atomic mass is 16.5. The molecule has 7 heteroatoms. The van der Waals surface area contributed by atoms with Crippen LogP contribution in [0.2, 0.25) is 0 Å². The second-order valence-electron chi connectivity index (χ2n) is 12.1. The van der Waals surface area contributed by atoms with Gasteiger partial charge in [-0.1, -0.05) is 51.9 Å². The van der Waals surface area contributed by atoms with Crippen LogP contribution in [0.1, 0.15) is 110 Å². The summed E-state index contributed by atoms with van der Waals surface area (Å²) in [6.07, 6.45) is 16.5. The molecule has 0 unspecified atom stereocenters. The summed E-state index contributed by atoms with van der Waals surface area (Å²) in [6, 6.07) is 0. The van der Waals surface area contributed by atoms with Crippen molar-refractivity contribution in [2.24, 2.45) is 17.3 Å². The van der Waals surface area contributed by atoms with Gasteiger partial charge in [-0.15, -0.1) is 0 Å². The number of rotatable bonds is 11. The molecule has 4 atom stereocenters. The average molecular weight is 531 g/mol. The predicted molar refractivity (Wildman–Crippen MR) is 147 cm³/mol. The maximum absolute atomic E-state index is 14.1. The number of nitrogens with zero attached hydrogens (tertiary/aromatic N) is 2. The Morgan fingerprint density at radius 3 is 2.39 bits per heavy atom. The van der Waals surface area contributed by atoms with E-state index in [2.05, 4.69) is 13.0 Å². The van der Waals surface area contributed by atoms with Gasteiger partial charge in [-0.2, -0.15) is 0 Å². The monoisotopic (exact) mass is 530 g/mol. The summed E-state index contributed by atoms with van der Waals surface area (Å²) in [5, 5.41) is 0. The molecule has 0 aromatic rings. The van der Waals surface area contributed by atoms with Crippen molar-refractivity contribution < 1.29 is 23.9 Å². The van der Waals surface area contributed by atoms with E-state index in [1.54, 1.807) is 0 Å². The van der Waals surface area contributed by atoms with Crippen molar-refractivity contribution in [1.82, 2.24) is 9.80 Å². The predicted octanol–water partition coefficient (Wildman–Crippen LogP) is 5.62. The molecule has 1 aliphatic carbocycles. The SMILES string of the molecule is CCCCCCCCN1C(=O)[C@@H](CC(=O)N2CCCCC2)C[C@@]2(C(=O)OC)C1=C[C@H](C1CCCC1)O[C@@H]2C. The number of fused-ring (bicyclic) bond motifs is 1. The van der Waals surface area contributed by atoms with Gasteiger partial charge in [0.1, 0.15) is 5.41 Å². The molecule has 0 aromatic heterocycles. The van der Waals surface area contributed by atoms with Gasteiger partial charge < -0.3 is 19.3 Å². The van der Waals surface area contributed by atoms with Gasteiger partial charge in [0.15, 0.2) is 0 Å². The zero-order valence-corrected chi connectivity index (χ0v) is 24.1. The number of hydrogen-bond acceptors (Lipinski definition) is 5. The molecule has 2 saturated heterocycles. The first-order valence-corrected chi connectivity index (χ1v) is 15.5. The standard InChI is InChI=1S/C31H50N2O5/c1-4-5-6-7-8-14-19-33-27-21-26(24-15-10-11-16-24)38-23(2)31(27,30(36)37-3)22-25(29(33)35)20-28(34)32-17-12-9-13-18-32/h21,23-26H,4-20,22H2,1-3H3/t23-,25+,26-,31+/m1/s1. The lowest BCUT2D eigenvalue weighted by Gasteiger charge is -2.52. The molecule has 7 nitrogen and oxygen atoms in total. The summed E-state index contributed by atoms with van der Waals surface area (Å²) in [4.78, 5) is 44.8.